The zero-order chi connectivity index (χ0) is 19.2. The van der Waals surface area contributed by atoms with Gasteiger partial charge in [-0.05, 0) is 30.3 Å². The van der Waals surface area contributed by atoms with Crippen LogP contribution < -0.4 is 4.43 Å². The lowest BCUT2D eigenvalue weighted by molar-refractivity contribution is -0.376. The Morgan fingerprint density at radius 1 is 0.833 bits per heavy atom. The van der Waals surface area contributed by atoms with Crippen LogP contribution in [0.3, 0.4) is 0 Å². The zero-order valence-corrected chi connectivity index (χ0v) is 14.9. The van der Waals surface area contributed by atoms with Crippen LogP contribution in [0.15, 0.2) is 24.3 Å². The highest BCUT2D eigenvalue weighted by Gasteiger charge is 2.71. The molecule has 0 unspecified atom stereocenters. The van der Waals surface area contributed by atoms with Crippen LogP contribution >= 0.6 is 0 Å². The summed E-state index contributed by atoms with van der Waals surface area (Å²) in [6, 6.07) is 3.20. The second-order valence-corrected chi connectivity index (χ2v) is 11.8. The van der Waals surface area contributed by atoms with Gasteiger partial charge in [-0.15, -0.1) is 0 Å². The number of benzene rings is 1. The van der Waals surface area contributed by atoms with Crippen LogP contribution in [0.1, 0.15) is 26.3 Å². The molecule has 9 heteroatoms. The molecule has 1 aromatic rings. The van der Waals surface area contributed by atoms with E-state index in [1.54, 1.807) is 0 Å². The minimum Gasteiger partial charge on any atom is -0.544 e. The van der Waals surface area contributed by atoms with Crippen LogP contribution in [-0.4, -0.2) is 25.8 Å². The first kappa shape index (κ1) is 20.8. The molecule has 1 N–H and O–H groups in total. The van der Waals surface area contributed by atoms with Gasteiger partial charge in [0.15, 0.2) is 0 Å². The number of halogens is 6. The van der Waals surface area contributed by atoms with Gasteiger partial charge < -0.3 is 9.53 Å². The third-order valence-corrected chi connectivity index (χ3v) is 8.63. The summed E-state index contributed by atoms with van der Waals surface area (Å²) in [4.78, 5) is 0. The van der Waals surface area contributed by atoms with Crippen molar-refractivity contribution in [2.75, 3.05) is 0 Å². The monoisotopic (exact) mass is 374 g/mol. The van der Waals surface area contributed by atoms with Crippen LogP contribution in [0, 0.1) is 0 Å². The van der Waals surface area contributed by atoms with Gasteiger partial charge in [0, 0.05) is 5.56 Å². The molecule has 0 spiro atoms. The molecule has 138 valence electrons. The number of aliphatic hydroxyl groups is 1. The SMILES string of the molecule is CC(C)(C)[Si](C)(C)Oc1ccc(C(O)(C(F)(F)F)C(F)(F)F)cc1. The lowest BCUT2D eigenvalue weighted by atomic mass is 9.92. The van der Waals surface area contributed by atoms with Gasteiger partial charge >= 0.3 is 12.4 Å². The highest BCUT2D eigenvalue weighted by molar-refractivity contribution is 6.74. The first-order valence-corrected chi connectivity index (χ1v) is 10.00. The third kappa shape index (κ3) is 3.71. The van der Waals surface area contributed by atoms with Crippen molar-refractivity contribution in [3.8, 4) is 5.75 Å². The van der Waals surface area contributed by atoms with E-state index in [4.69, 9.17) is 4.43 Å². The molecule has 0 fully saturated rings. The van der Waals surface area contributed by atoms with Crippen LogP contribution in [0.2, 0.25) is 18.1 Å². The third-order valence-electron chi connectivity index (χ3n) is 4.27. The summed E-state index contributed by atoms with van der Waals surface area (Å²) in [5, 5.41) is 9.14. The topological polar surface area (TPSA) is 29.5 Å². The summed E-state index contributed by atoms with van der Waals surface area (Å²) in [5.74, 6) is 0.164. The molecule has 1 rings (SSSR count). The van der Waals surface area contributed by atoms with Gasteiger partial charge in [-0.2, -0.15) is 26.3 Å². The molecule has 2 nitrogen and oxygen atoms in total. The summed E-state index contributed by atoms with van der Waals surface area (Å²) in [6.45, 7) is 9.62. The summed E-state index contributed by atoms with van der Waals surface area (Å²) < 4.78 is 82.7. The average Bonchev–Trinajstić information content (AvgIpc) is 2.34. The molecular weight excluding hydrogens is 354 g/mol. The maximum atomic E-state index is 12.8. The Morgan fingerprint density at radius 2 is 1.21 bits per heavy atom. The van der Waals surface area contributed by atoms with Gasteiger partial charge in [0.05, 0.1) is 0 Å². The van der Waals surface area contributed by atoms with Crippen molar-refractivity contribution in [2.24, 2.45) is 0 Å². The predicted molar refractivity (Wildman–Crippen MR) is 80.3 cm³/mol. The highest BCUT2D eigenvalue weighted by atomic mass is 28.4. The maximum absolute atomic E-state index is 12.8. The number of hydrogen-bond acceptors (Lipinski definition) is 2. The highest BCUT2D eigenvalue weighted by Crippen LogP contribution is 2.50. The van der Waals surface area contributed by atoms with Crippen molar-refractivity contribution in [2.45, 2.75) is 56.9 Å². The standard InChI is InChI=1S/C15H20F6O2Si/c1-12(2,3)24(4,5)23-11-8-6-10(7-9-11)13(22,14(16,17)18)15(19,20)21/h6-9,22H,1-5H3. The first-order chi connectivity index (χ1) is 10.4. The molecule has 0 atom stereocenters. The molecule has 0 aliphatic heterocycles. The van der Waals surface area contributed by atoms with E-state index >= 15 is 0 Å². The molecular formula is C15H20F6O2Si. The normalized spacial score (nSPS) is 14.7. The van der Waals surface area contributed by atoms with Crippen molar-refractivity contribution >= 4 is 8.32 Å². The summed E-state index contributed by atoms with van der Waals surface area (Å²) in [6.07, 6.45) is -11.8. The van der Waals surface area contributed by atoms with E-state index in [-0.39, 0.29) is 10.8 Å². The minimum atomic E-state index is -5.90. The lowest BCUT2D eigenvalue weighted by Gasteiger charge is -2.37. The Bertz CT molecular complexity index is 556. The number of rotatable bonds is 3. The molecule has 0 saturated heterocycles. The number of hydrogen-bond donors (Lipinski definition) is 1. The smallest absolute Gasteiger partial charge is 0.430 e. The zero-order valence-electron chi connectivity index (χ0n) is 13.9. The Morgan fingerprint density at radius 3 is 1.50 bits per heavy atom. The molecule has 0 radical (unpaired) electrons. The Labute approximate surface area is 137 Å². The average molecular weight is 374 g/mol. The van der Waals surface area contributed by atoms with Crippen LogP contribution in [-0.2, 0) is 5.60 Å². The second kappa shape index (κ2) is 5.94. The van der Waals surface area contributed by atoms with Crippen molar-refractivity contribution in [3.63, 3.8) is 0 Å². The molecule has 0 bridgehead atoms. The van der Waals surface area contributed by atoms with Crippen molar-refractivity contribution in [1.82, 2.24) is 0 Å². The maximum Gasteiger partial charge on any atom is 0.430 e. The fourth-order valence-electron chi connectivity index (χ4n) is 1.70. The van der Waals surface area contributed by atoms with Crippen LogP contribution in [0.25, 0.3) is 0 Å². The van der Waals surface area contributed by atoms with Gasteiger partial charge in [0.1, 0.15) is 5.75 Å². The fraction of sp³-hybridized carbons (Fsp3) is 0.600. The molecule has 0 saturated carbocycles. The molecule has 0 aliphatic rings. The number of alkyl halides is 6. The predicted octanol–water partition coefficient (Wildman–Crippen LogP) is 5.38. The van der Waals surface area contributed by atoms with E-state index in [0.29, 0.717) is 12.1 Å². The van der Waals surface area contributed by atoms with Gasteiger partial charge in [-0.25, -0.2) is 0 Å². The summed E-state index contributed by atoms with van der Waals surface area (Å²) >= 11 is 0. The van der Waals surface area contributed by atoms with Gasteiger partial charge in [-0.1, -0.05) is 32.9 Å². The molecule has 0 aliphatic carbocycles. The fourth-order valence-corrected chi connectivity index (χ4v) is 2.73. The Hall–Kier alpha value is -1.22. The molecule has 0 amide bonds. The minimum absolute atomic E-state index is 0.164. The van der Waals surface area contributed by atoms with Gasteiger partial charge in [0.25, 0.3) is 5.60 Å². The Balaban J connectivity index is 3.23. The Kier molecular flexibility index (Phi) is 5.15. The largest absolute Gasteiger partial charge is 0.544 e. The summed E-state index contributed by atoms with van der Waals surface area (Å²) in [7, 11) is -2.29. The van der Waals surface area contributed by atoms with Crippen molar-refractivity contribution < 1.29 is 35.9 Å². The van der Waals surface area contributed by atoms with E-state index in [9.17, 15) is 31.4 Å². The van der Waals surface area contributed by atoms with E-state index in [0.717, 1.165) is 12.1 Å². The van der Waals surface area contributed by atoms with Crippen molar-refractivity contribution in [3.05, 3.63) is 29.8 Å². The van der Waals surface area contributed by atoms with Crippen LogP contribution in [0.4, 0.5) is 26.3 Å². The lowest BCUT2D eigenvalue weighted by Crippen LogP contribution is -2.53. The quantitative estimate of drug-likeness (QED) is 0.568. The molecule has 1 aromatic carbocycles. The van der Waals surface area contributed by atoms with E-state index in [1.807, 2.05) is 33.9 Å². The molecule has 24 heavy (non-hydrogen) atoms. The second-order valence-electron chi connectivity index (χ2n) is 7.09. The summed E-state index contributed by atoms with van der Waals surface area (Å²) in [5.41, 5.74) is -6.22. The van der Waals surface area contributed by atoms with Gasteiger partial charge in [0.2, 0.25) is 8.32 Å². The molecule has 0 aromatic heterocycles. The first-order valence-electron chi connectivity index (χ1n) is 7.09. The van der Waals surface area contributed by atoms with Gasteiger partial charge in [-0.3, -0.25) is 0 Å². The van der Waals surface area contributed by atoms with E-state index < -0.39 is 31.8 Å². The van der Waals surface area contributed by atoms with Crippen molar-refractivity contribution in [1.29, 1.82) is 0 Å². The van der Waals surface area contributed by atoms with E-state index in [2.05, 4.69) is 0 Å². The molecule has 0 heterocycles. The van der Waals surface area contributed by atoms with E-state index in [1.165, 1.54) is 0 Å². The van der Waals surface area contributed by atoms with Crippen LogP contribution in [0.5, 0.6) is 5.75 Å².